The highest BCUT2D eigenvalue weighted by molar-refractivity contribution is 5.94. The smallest absolute Gasteiger partial charge is 0.251 e. The van der Waals surface area contributed by atoms with Gasteiger partial charge in [-0.15, -0.1) is 0 Å². The molecule has 1 unspecified atom stereocenters. The van der Waals surface area contributed by atoms with Crippen molar-refractivity contribution >= 4 is 11.6 Å². The molecule has 0 radical (unpaired) electrons. The number of rotatable bonds is 4. The molecule has 0 aromatic heterocycles. The maximum atomic E-state index is 13.2. The second kappa shape index (κ2) is 6.57. The van der Waals surface area contributed by atoms with Crippen molar-refractivity contribution in [3.05, 3.63) is 64.7 Å². The number of likely N-dealkylation sites (N-methyl/N-ethyl adjacent to an activating group) is 1. The molecule has 24 heavy (non-hydrogen) atoms. The highest BCUT2D eigenvalue weighted by atomic mass is 19.2. The van der Waals surface area contributed by atoms with E-state index in [9.17, 15) is 18.7 Å². The van der Waals surface area contributed by atoms with Crippen molar-refractivity contribution in [2.45, 2.75) is 12.5 Å². The first-order valence-electron chi connectivity index (χ1n) is 7.71. The molecule has 1 heterocycles. The Morgan fingerprint density at radius 3 is 2.79 bits per heavy atom. The van der Waals surface area contributed by atoms with E-state index in [-0.39, 0.29) is 12.1 Å². The van der Waals surface area contributed by atoms with Crippen LogP contribution >= 0.6 is 0 Å². The molecule has 0 fully saturated rings. The molecule has 3 rings (SSSR count). The number of carbonyl (C=O) groups is 1. The van der Waals surface area contributed by atoms with Crippen molar-refractivity contribution in [3.8, 4) is 0 Å². The average Bonchev–Trinajstić information content (AvgIpc) is 2.95. The summed E-state index contributed by atoms with van der Waals surface area (Å²) >= 11 is 0. The number of aliphatic hydroxyl groups is 1. The van der Waals surface area contributed by atoms with Gasteiger partial charge < -0.3 is 15.3 Å². The lowest BCUT2D eigenvalue weighted by molar-refractivity contribution is 0.0915. The molecular weight excluding hydrogens is 314 g/mol. The van der Waals surface area contributed by atoms with Crippen LogP contribution in [0.3, 0.4) is 0 Å². The van der Waals surface area contributed by atoms with Crippen LogP contribution in [-0.2, 0) is 6.42 Å². The third-order valence-electron chi connectivity index (χ3n) is 4.25. The Morgan fingerprint density at radius 1 is 1.25 bits per heavy atom. The van der Waals surface area contributed by atoms with E-state index in [1.165, 1.54) is 11.6 Å². The molecule has 6 heteroatoms. The van der Waals surface area contributed by atoms with Crippen LogP contribution in [0.2, 0.25) is 0 Å². The first kappa shape index (κ1) is 16.4. The highest BCUT2D eigenvalue weighted by Gasteiger charge is 2.18. The minimum atomic E-state index is -1.08. The van der Waals surface area contributed by atoms with E-state index in [4.69, 9.17) is 0 Å². The number of nitrogens with one attached hydrogen (secondary N) is 1. The minimum absolute atomic E-state index is 0.00749. The molecule has 1 atom stereocenters. The lowest BCUT2D eigenvalue weighted by Crippen LogP contribution is -2.28. The van der Waals surface area contributed by atoms with Crippen LogP contribution < -0.4 is 10.2 Å². The van der Waals surface area contributed by atoms with Gasteiger partial charge in [0.05, 0.1) is 6.10 Å². The molecule has 0 aliphatic carbocycles. The Bertz CT molecular complexity index is 780. The number of amides is 1. The summed E-state index contributed by atoms with van der Waals surface area (Å²) in [6.07, 6.45) is 0.0589. The molecule has 126 valence electrons. The molecule has 2 N–H and O–H groups in total. The summed E-state index contributed by atoms with van der Waals surface area (Å²) in [6.45, 7) is 0.939. The minimum Gasteiger partial charge on any atom is -0.387 e. The Kier molecular flexibility index (Phi) is 4.49. The van der Waals surface area contributed by atoms with E-state index in [1.807, 2.05) is 25.2 Å². The molecule has 0 spiro atoms. The van der Waals surface area contributed by atoms with Crippen LogP contribution in [0.25, 0.3) is 0 Å². The zero-order valence-electron chi connectivity index (χ0n) is 13.2. The number of nitrogens with zero attached hydrogens (tertiary/aromatic N) is 1. The van der Waals surface area contributed by atoms with E-state index in [2.05, 4.69) is 10.2 Å². The van der Waals surface area contributed by atoms with Gasteiger partial charge in [-0.05, 0) is 41.8 Å². The van der Waals surface area contributed by atoms with Crippen molar-refractivity contribution in [2.24, 2.45) is 0 Å². The zero-order valence-corrected chi connectivity index (χ0v) is 13.2. The summed E-state index contributed by atoms with van der Waals surface area (Å²) in [5.41, 5.74) is 3.05. The van der Waals surface area contributed by atoms with Gasteiger partial charge >= 0.3 is 0 Å². The molecule has 4 nitrogen and oxygen atoms in total. The molecule has 1 aliphatic rings. The number of hydrogen-bond acceptors (Lipinski definition) is 3. The number of aliphatic hydroxyl groups excluding tert-OH is 1. The first-order valence-corrected chi connectivity index (χ1v) is 7.71. The van der Waals surface area contributed by atoms with Crippen LogP contribution in [0.1, 0.15) is 27.6 Å². The summed E-state index contributed by atoms with van der Waals surface area (Å²) < 4.78 is 26.0. The Morgan fingerprint density at radius 2 is 2.04 bits per heavy atom. The van der Waals surface area contributed by atoms with E-state index in [1.54, 1.807) is 0 Å². The second-order valence-corrected chi connectivity index (χ2v) is 5.91. The average molecular weight is 332 g/mol. The van der Waals surface area contributed by atoms with E-state index in [0.717, 1.165) is 36.3 Å². The SMILES string of the molecule is CN1CCc2cc(C(O)CNC(=O)c3ccc(F)c(F)c3)ccc21. The van der Waals surface area contributed by atoms with Gasteiger partial charge in [-0.3, -0.25) is 4.79 Å². The van der Waals surface area contributed by atoms with E-state index in [0.29, 0.717) is 0 Å². The fraction of sp³-hybridized carbons (Fsp3) is 0.278. The van der Waals surface area contributed by atoms with Crippen molar-refractivity contribution in [3.63, 3.8) is 0 Å². The Hall–Kier alpha value is -2.47. The maximum Gasteiger partial charge on any atom is 0.251 e. The van der Waals surface area contributed by atoms with Gasteiger partial charge in [0.15, 0.2) is 11.6 Å². The van der Waals surface area contributed by atoms with Crippen LogP contribution in [-0.4, -0.2) is 31.2 Å². The number of carbonyl (C=O) groups excluding carboxylic acids is 1. The number of hydrogen-bond donors (Lipinski definition) is 2. The van der Waals surface area contributed by atoms with Crippen molar-refractivity contribution in [2.75, 3.05) is 25.0 Å². The molecule has 2 aromatic carbocycles. The predicted molar refractivity (Wildman–Crippen MR) is 87.1 cm³/mol. The summed E-state index contributed by atoms with van der Waals surface area (Å²) in [5, 5.41) is 12.8. The molecule has 1 aliphatic heterocycles. The fourth-order valence-corrected chi connectivity index (χ4v) is 2.84. The lowest BCUT2D eigenvalue weighted by Gasteiger charge is -2.15. The normalized spacial score (nSPS) is 14.4. The molecular formula is C18H18F2N2O2. The monoisotopic (exact) mass is 332 g/mol. The summed E-state index contributed by atoms with van der Waals surface area (Å²) in [6, 6.07) is 8.66. The van der Waals surface area contributed by atoms with Crippen molar-refractivity contribution in [1.82, 2.24) is 5.32 Å². The number of anilines is 1. The lowest BCUT2D eigenvalue weighted by atomic mass is 10.0. The molecule has 0 saturated heterocycles. The Balaban J connectivity index is 1.64. The van der Waals surface area contributed by atoms with Gasteiger partial charge in [0.2, 0.25) is 0 Å². The topological polar surface area (TPSA) is 52.6 Å². The molecule has 1 amide bonds. The van der Waals surface area contributed by atoms with Gasteiger partial charge in [0.25, 0.3) is 5.91 Å². The molecule has 2 aromatic rings. The third-order valence-corrected chi connectivity index (χ3v) is 4.25. The van der Waals surface area contributed by atoms with Gasteiger partial charge in [0, 0.05) is 31.4 Å². The summed E-state index contributed by atoms with van der Waals surface area (Å²) in [4.78, 5) is 14.1. The summed E-state index contributed by atoms with van der Waals surface area (Å²) in [7, 11) is 2.02. The van der Waals surface area contributed by atoms with Gasteiger partial charge in [-0.25, -0.2) is 8.78 Å². The van der Waals surface area contributed by atoms with Crippen LogP contribution in [0.5, 0.6) is 0 Å². The van der Waals surface area contributed by atoms with Gasteiger partial charge in [-0.1, -0.05) is 12.1 Å². The van der Waals surface area contributed by atoms with Crippen LogP contribution in [0.4, 0.5) is 14.5 Å². The quantitative estimate of drug-likeness (QED) is 0.904. The summed E-state index contributed by atoms with van der Waals surface area (Å²) in [5.74, 6) is -2.64. The highest BCUT2D eigenvalue weighted by Crippen LogP contribution is 2.29. The number of halogens is 2. The fourth-order valence-electron chi connectivity index (χ4n) is 2.84. The largest absolute Gasteiger partial charge is 0.387 e. The second-order valence-electron chi connectivity index (χ2n) is 5.91. The first-order chi connectivity index (χ1) is 11.5. The van der Waals surface area contributed by atoms with Crippen LogP contribution in [0.15, 0.2) is 36.4 Å². The van der Waals surface area contributed by atoms with E-state index >= 15 is 0 Å². The zero-order chi connectivity index (χ0) is 17.3. The van der Waals surface area contributed by atoms with Crippen molar-refractivity contribution < 1.29 is 18.7 Å². The molecule has 0 saturated carbocycles. The van der Waals surface area contributed by atoms with Gasteiger partial charge in [-0.2, -0.15) is 0 Å². The molecule has 0 bridgehead atoms. The Labute approximate surface area is 138 Å². The predicted octanol–water partition coefficient (Wildman–Crippen LogP) is 2.42. The van der Waals surface area contributed by atoms with E-state index < -0.39 is 23.6 Å². The van der Waals surface area contributed by atoms with Crippen LogP contribution in [0, 0.1) is 11.6 Å². The third kappa shape index (κ3) is 3.23. The standard InChI is InChI=1S/C18H18F2N2O2/c1-22-7-6-11-8-12(3-5-16(11)22)17(23)10-21-18(24)13-2-4-14(19)15(20)9-13/h2-5,8-9,17,23H,6-7,10H2,1H3,(H,21,24). The number of fused-ring (bicyclic) bond motifs is 1. The van der Waals surface area contributed by atoms with Crippen molar-refractivity contribution in [1.29, 1.82) is 0 Å². The maximum absolute atomic E-state index is 13.2. The number of benzene rings is 2. The van der Waals surface area contributed by atoms with Gasteiger partial charge in [0.1, 0.15) is 0 Å².